The smallest absolute Gasteiger partial charge is 0.272 e. The lowest BCUT2D eigenvalue weighted by Gasteiger charge is -2.13. The van der Waals surface area contributed by atoms with Crippen LogP contribution in [0.3, 0.4) is 0 Å². The lowest BCUT2D eigenvalue weighted by atomic mass is 10.1. The van der Waals surface area contributed by atoms with Crippen LogP contribution >= 0.6 is 0 Å². The fraction of sp³-hybridized carbons (Fsp3) is 0.300. The molecule has 0 saturated carbocycles. The molecule has 0 aliphatic rings. The number of methoxy groups -OCH3 is 1. The molecule has 2 N–H and O–H groups in total. The standard InChI is InChI=1S/C20H23FN2O4/c1-13(2)10-11-27-17-9-8-14(12-18(17)26-3)19(24)22-23-20(25)15-6-4-5-7-16(15)21/h4-9,12-13H,10-11H2,1-3H3,(H,22,24)(H,23,25). The van der Waals surface area contributed by atoms with Gasteiger partial charge in [-0.1, -0.05) is 26.0 Å². The zero-order valence-electron chi connectivity index (χ0n) is 15.5. The van der Waals surface area contributed by atoms with E-state index in [0.717, 1.165) is 6.42 Å². The molecule has 7 heteroatoms. The van der Waals surface area contributed by atoms with Gasteiger partial charge in [-0.3, -0.25) is 20.4 Å². The van der Waals surface area contributed by atoms with E-state index >= 15 is 0 Å². The van der Waals surface area contributed by atoms with Gasteiger partial charge >= 0.3 is 0 Å². The van der Waals surface area contributed by atoms with Gasteiger partial charge in [0.2, 0.25) is 0 Å². The van der Waals surface area contributed by atoms with Crippen LogP contribution < -0.4 is 20.3 Å². The Balaban J connectivity index is 1.99. The SMILES string of the molecule is COc1cc(C(=O)NNC(=O)c2ccccc2F)ccc1OCCC(C)C. The molecule has 0 aliphatic carbocycles. The molecule has 2 amide bonds. The monoisotopic (exact) mass is 374 g/mol. The van der Waals surface area contributed by atoms with E-state index in [1.54, 1.807) is 12.1 Å². The van der Waals surface area contributed by atoms with Crippen LogP contribution in [0.5, 0.6) is 11.5 Å². The summed E-state index contributed by atoms with van der Waals surface area (Å²) in [5.41, 5.74) is 4.54. The lowest BCUT2D eigenvalue weighted by molar-refractivity contribution is 0.0844. The quantitative estimate of drug-likeness (QED) is 0.729. The maximum absolute atomic E-state index is 13.6. The summed E-state index contributed by atoms with van der Waals surface area (Å²) in [5, 5.41) is 0. The number of ether oxygens (including phenoxy) is 2. The zero-order chi connectivity index (χ0) is 19.8. The summed E-state index contributed by atoms with van der Waals surface area (Å²) in [6, 6.07) is 10.2. The van der Waals surface area contributed by atoms with Crippen molar-refractivity contribution in [3.05, 3.63) is 59.4 Å². The number of rotatable bonds is 7. The number of benzene rings is 2. The Kier molecular flexibility index (Phi) is 7.16. The summed E-state index contributed by atoms with van der Waals surface area (Å²) in [4.78, 5) is 24.2. The Morgan fingerprint density at radius 1 is 1.04 bits per heavy atom. The van der Waals surface area contributed by atoms with Crippen molar-refractivity contribution in [1.29, 1.82) is 0 Å². The largest absolute Gasteiger partial charge is 0.493 e. The van der Waals surface area contributed by atoms with Crippen LogP contribution in [0, 0.1) is 11.7 Å². The van der Waals surface area contributed by atoms with E-state index in [9.17, 15) is 14.0 Å². The molecule has 2 aromatic carbocycles. The summed E-state index contributed by atoms with van der Waals surface area (Å²) in [6.45, 7) is 4.74. The summed E-state index contributed by atoms with van der Waals surface area (Å²) >= 11 is 0. The van der Waals surface area contributed by atoms with Crippen molar-refractivity contribution >= 4 is 11.8 Å². The van der Waals surface area contributed by atoms with Gasteiger partial charge in [0.25, 0.3) is 11.8 Å². The molecule has 0 unspecified atom stereocenters. The van der Waals surface area contributed by atoms with Crippen molar-refractivity contribution in [1.82, 2.24) is 10.9 Å². The van der Waals surface area contributed by atoms with Crippen molar-refractivity contribution in [3.63, 3.8) is 0 Å². The van der Waals surface area contributed by atoms with Crippen molar-refractivity contribution in [2.45, 2.75) is 20.3 Å². The fourth-order valence-electron chi connectivity index (χ4n) is 2.23. The van der Waals surface area contributed by atoms with Crippen LogP contribution in [-0.2, 0) is 0 Å². The number of nitrogens with one attached hydrogen (secondary N) is 2. The Labute approximate surface area is 157 Å². The number of carbonyl (C=O) groups is 2. The lowest BCUT2D eigenvalue weighted by Crippen LogP contribution is -2.41. The number of amides is 2. The van der Waals surface area contributed by atoms with Crippen molar-refractivity contribution in [2.75, 3.05) is 13.7 Å². The highest BCUT2D eigenvalue weighted by atomic mass is 19.1. The second-order valence-corrected chi connectivity index (χ2v) is 6.28. The summed E-state index contributed by atoms with van der Waals surface area (Å²) in [6.07, 6.45) is 0.896. The van der Waals surface area contributed by atoms with Crippen LogP contribution in [0.4, 0.5) is 4.39 Å². The number of hydrogen-bond donors (Lipinski definition) is 2. The average Bonchev–Trinajstić information content (AvgIpc) is 2.66. The van der Waals surface area contributed by atoms with E-state index in [1.807, 2.05) is 0 Å². The predicted octanol–water partition coefficient (Wildman–Crippen LogP) is 3.33. The highest BCUT2D eigenvalue weighted by molar-refractivity contribution is 5.99. The number of carbonyl (C=O) groups excluding carboxylic acids is 2. The molecule has 6 nitrogen and oxygen atoms in total. The molecular weight excluding hydrogens is 351 g/mol. The Hall–Kier alpha value is -3.09. The van der Waals surface area contributed by atoms with E-state index in [4.69, 9.17) is 9.47 Å². The molecule has 2 rings (SSSR count). The van der Waals surface area contributed by atoms with Crippen molar-refractivity contribution in [3.8, 4) is 11.5 Å². The van der Waals surface area contributed by atoms with Gasteiger partial charge < -0.3 is 9.47 Å². The van der Waals surface area contributed by atoms with Crippen molar-refractivity contribution < 1.29 is 23.5 Å². The number of hydrogen-bond acceptors (Lipinski definition) is 4. The van der Waals surface area contributed by atoms with E-state index in [1.165, 1.54) is 37.4 Å². The molecule has 0 atom stereocenters. The molecule has 0 aromatic heterocycles. The summed E-state index contributed by atoms with van der Waals surface area (Å²) in [5.74, 6) is -0.529. The summed E-state index contributed by atoms with van der Waals surface area (Å²) < 4.78 is 24.5. The molecule has 0 radical (unpaired) electrons. The summed E-state index contributed by atoms with van der Waals surface area (Å²) in [7, 11) is 1.48. The first kappa shape index (κ1) is 20.2. The second-order valence-electron chi connectivity index (χ2n) is 6.28. The molecule has 2 aromatic rings. The molecule has 0 heterocycles. The normalized spacial score (nSPS) is 10.4. The molecule has 0 spiro atoms. The van der Waals surface area contributed by atoms with E-state index in [-0.39, 0.29) is 11.1 Å². The van der Waals surface area contributed by atoms with Crippen LogP contribution in [0.2, 0.25) is 0 Å². The third-order valence-electron chi connectivity index (χ3n) is 3.79. The van der Waals surface area contributed by atoms with Gasteiger partial charge in [-0.2, -0.15) is 0 Å². The van der Waals surface area contributed by atoms with E-state index in [2.05, 4.69) is 24.7 Å². The molecular formula is C20H23FN2O4. The van der Waals surface area contributed by atoms with Gasteiger partial charge in [0, 0.05) is 5.56 Å². The predicted molar refractivity (Wildman–Crippen MR) is 99.3 cm³/mol. The first-order valence-electron chi connectivity index (χ1n) is 8.58. The van der Waals surface area contributed by atoms with Gasteiger partial charge in [-0.05, 0) is 42.7 Å². The highest BCUT2D eigenvalue weighted by Gasteiger charge is 2.14. The Morgan fingerprint density at radius 3 is 2.41 bits per heavy atom. The van der Waals surface area contributed by atoms with Gasteiger partial charge in [-0.15, -0.1) is 0 Å². The van der Waals surface area contributed by atoms with Gasteiger partial charge in [-0.25, -0.2) is 4.39 Å². The van der Waals surface area contributed by atoms with Crippen LogP contribution in [0.25, 0.3) is 0 Å². The minimum absolute atomic E-state index is 0.163. The van der Waals surface area contributed by atoms with E-state index < -0.39 is 17.6 Å². The minimum Gasteiger partial charge on any atom is -0.493 e. The maximum atomic E-state index is 13.6. The average molecular weight is 374 g/mol. The van der Waals surface area contributed by atoms with Crippen molar-refractivity contribution in [2.24, 2.45) is 5.92 Å². The Bertz CT molecular complexity index is 808. The third kappa shape index (κ3) is 5.70. The third-order valence-corrected chi connectivity index (χ3v) is 3.79. The molecule has 27 heavy (non-hydrogen) atoms. The first-order valence-corrected chi connectivity index (χ1v) is 8.58. The van der Waals surface area contributed by atoms with Gasteiger partial charge in [0.1, 0.15) is 5.82 Å². The molecule has 0 saturated heterocycles. The highest BCUT2D eigenvalue weighted by Crippen LogP contribution is 2.28. The van der Waals surface area contributed by atoms with Crippen LogP contribution in [-0.4, -0.2) is 25.5 Å². The molecule has 144 valence electrons. The topological polar surface area (TPSA) is 76.7 Å². The fourth-order valence-corrected chi connectivity index (χ4v) is 2.23. The molecule has 0 aliphatic heterocycles. The minimum atomic E-state index is -0.748. The molecule has 0 bridgehead atoms. The van der Waals surface area contributed by atoms with Crippen LogP contribution in [0.1, 0.15) is 41.0 Å². The zero-order valence-corrected chi connectivity index (χ0v) is 15.5. The molecule has 0 fully saturated rings. The maximum Gasteiger partial charge on any atom is 0.272 e. The van der Waals surface area contributed by atoms with Crippen LogP contribution in [0.15, 0.2) is 42.5 Å². The Morgan fingerprint density at radius 2 is 1.74 bits per heavy atom. The van der Waals surface area contributed by atoms with Gasteiger partial charge in [0.05, 0.1) is 19.3 Å². The first-order chi connectivity index (χ1) is 12.9. The van der Waals surface area contributed by atoms with Gasteiger partial charge in [0.15, 0.2) is 11.5 Å². The number of halogens is 1. The number of hydrazine groups is 1. The second kappa shape index (κ2) is 9.56. The van der Waals surface area contributed by atoms with E-state index in [0.29, 0.717) is 24.0 Å².